The fraction of sp³-hybridized carbons (Fsp3) is 0.714. The second-order valence-electron chi connectivity index (χ2n) is 8.14. The highest BCUT2D eigenvalue weighted by Crippen LogP contribution is 2.12. The number of ether oxygens (including phenoxy) is 2. The summed E-state index contributed by atoms with van der Waals surface area (Å²) in [5.41, 5.74) is -0.485. The second-order valence-corrected chi connectivity index (χ2v) is 8.14. The van der Waals surface area contributed by atoms with E-state index in [-0.39, 0.29) is 6.10 Å². The van der Waals surface area contributed by atoms with Gasteiger partial charge in [0.2, 0.25) is 0 Å². The van der Waals surface area contributed by atoms with Gasteiger partial charge in [-0.05, 0) is 58.6 Å². The summed E-state index contributed by atoms with van der Waals surface area (Å²) in [5.74, 6) is 1.69. The molecule has 1 amide bonds. The first kappa shape index (κ1) is 23.1. The summed E-state index contributed by atoms with van der Waals surface area (Å²) < 4.78 is 16.4. The third-order valence-corrected chi connectivity index (χ3v) is 4.29. The third kappa shape index (κ3) is 10.8. The van der Waals surface area contributed by atoms with Crippen LogP contribution in [0.15, 0.2) is 27.8 Å². The quantitative estimate of drug-likeness (QED) is 0.330. The van der Waals surface area contributed by atoms with E-state index in [9.17, 15) is 4.79 Å². The number of amides is 1. The van der Waals surface area contributed by atoms with Crippen LogP contribution in [0.25, 0.3) is 0 Å². The fourth-order valence-electron chi connectivity index (χ4n) is 2.88. The van der Waals surface area contributed by atoms with Crippen LogP contribution < -0.4 is 16.0 Å². The number of carbonyl (C=O) groups excluding carboxylic acids is 1. The third-order valence-electron chi connectivity index (χ3n) is 4.29. The van der Waals surface area contributed by atoms with Gasteiger partial charge >= 0.3 is 6.09 Å². The van der Waals surface area contributed by atoms with Crippen molar-refractivity contribution < 1.29 is 18.7 Å². The molecule has 0 aromatic carbocycles. The van der Waals surface area contributed by atoms with Gasteiger partial charge in [-0.1, -0.05) is 0 Å². The Labute approximate surface area is 173 Å². The summed E-state index contributed by atoms with van der Waals surface area (Å²) >= 11 is 0. The largest absolute Gasteiger partial charge is 0.469 e. The summed E-state index contributed by atoms with van der Waals surface area (Å²) in [5, 5.41) is 9.43. The zero-order valence-corrected chi connectivity index (χ0v) is 18.0. The van der Waals surface area contributed by atoms with Crippen molar-refractivity contribution in [2.24, 2.45) is 4.99 Å². The van der Waals surface area contributed by atoms with Crippen LogP contribution in [0.1, 0.15) is 52.2 Å². The van der Waals surface area contributed by atoms with Gasteiger partial charge in [-0.15, -0.1) is 0 Å². The number of hydrogen-bond donors (Lipinski definition) is 3. The predicted molar refractivity (Wildman–Crippen MR) is 113 cm³/mol. The highest BCUT2D eigenvalue weighted by Gasteiger charge is 2.15. The molecule has 0 aliphatic carbocycles. The van der Waals surface area contributed by atoms with Gasteiger partial charge < -0.3 is 29.8 Å². The topological polar surface area (TPSA) is 97.1 Å². The molecule has 1 aromatic rings. The number of aliphatic imine (C=N–C) groups is 1. The molecule has 3 N–H and O–H groups in total. The van der Waals surface area contributed by atoms with E-state index in [2.05, 4.69) is 20.9 Å². The molecule has 164 valence electrons. The molecule has 1 aromatic heterocycles. The molecule has 8 heteroatoms. The molecule has 1 saturated heterocycles. The van der Waals surface area contributed by atoms with Gasteiger partial charge in [0.25, 0.3) is 0 Å². The lowest BCUT2D eigenvalue weighted by Crippen LogP contribution is -2.41. The first-order chi connectivity index (χ1) is 13.9. The minimum atomic E-state index is -0.485. The molecule has 2 heterocycles. The Morgan fingerprint density at radius 1 is 1.21 bits per heavy atom. The first-order valence-electron chi connectivity index (χ1n) is 10.6. The van der Waals surface area contributed by atoms with Crippen LogP contribution in [0, 0.1) is 0 Å². The summed E-state index contributed by atoms with van der Waals surface area (Å²) in [6.45, 7) is 8.96. The average molecular weight is 409 g/mol. The zero-order valence-electron chi connectivity index (χ0n) is 18.0. The van der Waals surface area contributed by atoms with Gasteiger partial charge in [-0.2, -0.15) is 0 Å². The summed E-state index contributed by atoms with van der Waals surface area (Å²) in [7, 11) is 0. The van der Waals surface area contributed by atoms with Crippen LogP contribution in [0.4, 0.5) is 4.79 Å². The van der Waals surface area contributed by atoms with Crippen molar-refractivity contribution >= 4 is 12.1 Å². The number of rotatable bonds is 9. The van der Waals surface area contributed by atoms with Gasteiger partial charge in [-0.3, -0.25) is 4.99 Å². The van der Waals surface area contributed by atoms with E-state index in [1.165, 1.54) is 6.42 Å². The molecule has 1 aliphatic heterocycles. The van der Waals surface area contributed by atoms with Crippen LogP contribution >= 0.6 is 0 Å². The molecular weight excluding hydrogens is 372 g/mol. The van der Waals surface area contributed by atoms with Crippen LogP contribution in [-0.2, 0) is 15.9 Å². The van der Waals surface area contributed by atoms with Crippen LogP contribution in [0.3, 0.4) is 0 Å². The normalized spacial score (nSPS) is 17.6. The summed E-state index contributed by atoms with van der Waals surface area (Å²) in [6.07, 6.45) is 6.43. The van der Waals surface area contributed by atoms with Gasteiger partial charge in [-0.25, -0.2) is 4.79 Å². The Morgan fingerprint density at radius 2 is 2.00 bits per heavy atom. The van der Waals surface area contributed by atoms with Crippen molar-refractivity contribution in [3.05, 3.63) is 24.2 Å². The molecular formula is C21H36N4O4. The van der Waals surface area contributed by atoms with E-state index >= 15 is 0 Å². The first-order valence-corrected chi connectivity index (χ1v) is 10.6. The van der Waals surface area contributed by atoms with Crippen molar-refractivity contribution in [1.29, 1.82) is 0 Å². The number of furan rings is 1. The number of carbonyl (C=O) groups is 1. The van der Waals surface area contributed by atoms with Crippen molar-refractivity contribution in [3.8, 4) is 0 Å². The minimum Gasteiger partial charge on any atom is -0.469 e. The molecule has 1 unspecified atom stereocenters. The summed E-state index contributed by atoms with van der Waals surface area (Å²) in [6, 6.07) is 3.85. The van der Waals surface area contributed by atoms with Gasteiger partial charge in [0.05, 0.1) is 18.9 Å². The molecule has 1 fully saturated rings. The van der Waals surface area contributed by atoms with Crippen molar-refractivity contribution in [2.45, 2.75) is 64.6 Å². The number of nitrogens with one attached hydrogen (secondary N) is 3. The molecule has 29 heavy (non-hydrogen) atoms. The Kier molecular flexibility index (Phi) is 9.83. The Morgan fingerprint density at radius 3 is 2.69 bits per heavy atom. The predicted octanol–water partition coefficient (Wildman–Crippen LogP) is 2.84. The minimum absolute atomic E-state index is 0.196. The maximum absolute atomic E-state index is 11.7. The summed E-state index contributed by atoms with van der Waals surface area (Å²) in [4.78, 5) is 16.3. The lowest BCUT2D eigenvalue weighted by Gasteiger charge is -2.21. The van der Waals surface area contributed by atoms with Gasteiger partial charge in [0, 0.05) is 32.7 Å². The molecule has 1 aliphatic rings. The SMILES string of the molecule is CC(C)(C)OC(=O)NCCCNC(=NCC1CCCCO1)NCCc1ccco1. The van der Waals surface area contributed by atoms with E-state index in [0.717, 1.165) is 50.6 Å². The lowest BCUT2D eigenvalue weighted by atomic mass is 10.1. The Hall–Kier alpha value is -2.22. The Balaban J connectivity index is 1.70. The highest BCUT2D eigenvalue weighted by molar-refractivity contribution is 5.79. The smallest absolute Gasteiger partial charge is 0.407 e. The number of guanidine groups is 1. The van der Waals surface area contributed by atoms with Crippen molar-refractivity contribution in [3.63, 3.8) is 0 Å². The van der Waals surface area contributed by atoms with Crippen LogP contribution in [0.2, 0.25) is 0 Å². The molecule has 0 radical (unpaired) electrons. The van der Waals surface area contributed by atoms with Crippen molar-refractivity contribution in [2.75, 3.05) is 32.8 Å². The second kappa shape index (κ2) is 12.4. The van der Waals surface area contributed by atoms with Crippen LogP contribution in [-0.4, -0.2) is 56.5 Å². The monoisotopic (exact) mass is 408 g/mol. The molecule has 8 nitrogen and oxygen atoms in total. The lowest BCUT2D eigenvalue weighted by molar-refractivity contribution is 0.0224. The van der Waals surface area contributed by atoms with E-state index in [1.807, 2.05) is 32.9 Å². The maximum atomic E-state index is 11.7. The molecule has 0 saturated carbocycles. The van der Waals surface area contributed by atoms with Crippen LogP contribution in [0.5, 0.6) is 0 Å². The van der Waals surface area contributed by atoms with Crippen molar-refractivity contribution in [1.82, 2.24) is 16.0 Å². The highest BCUT2D eigenvalue weighted by atomic mass is 16.6. The van der Waals surface area contributed by atoms with E-state index in [1.54, 1.807) is 6.26 Å². The van der Waals surface area contributed by atoms with E-state index in [4.69, 9.17) is 13.9 Å². The zero-order chi connectivity index (χ0) is 21.0. The van der Waals surface area contributed by atoms with Gasteiger partial charge in [0.1, 0.15) is 11.4 Å². The number of alkyl carbamates (subject to hydrolysis) is 1. The average Bonchev–Trinajstić information content (AvgIpc) is 3.18. The van der Waals surface area contributed by atoms with E-state index in [0.29, 0.717) is 19.6 Å². The number of nitrogens with zero attached hydrogens (tertiary/aromatic N) is 1. The maximum Gasteiger partial charge on any atom is 0.407 e. The number of hydrogen-bond acceptors (Lipinski definition) is 5. The van der Waals surface area contributed by atoms with Gasteiger partial charge in [0.15, 0.2) is 5.96 Å². The standard InChI is InChI=1S/C21H36N4O4/c1-21(2,3)29-20(26)24-12-7-11-22-19(23-13-10-17-9-6-15-27-17)25-16-18-8-4-5-14-28-18/h6,9,15,18H,4-5,7-8,10-14,16H2,1-3H3,(H,24,26)(H2,22,23,25). The molecule has 0 spiro atoms. The Bertz CT molecular complexity index is 605. The fourth-order valence-corrected chi connectivity index (χ4v) is 2.88. The molecule has 1 atom stereocenters. The molecule has 2 rings (SSSR count). The molecule has 0 bridgehead atoms. The van der Waals surface area contributed by atoms with E-state index < -0.39 is 11.7 Å².